The van der Waals surface area contributed by atoms with Crippen LogP contribution in [0.25, 0.3) is 0 Å². The molecule has 5 nitrogen and oxygen atoms in total. The van der Waals surface area contributed by atoms with Gasteiger partial charge in [0, 0.05) is 42.1 Å². The topological polar surface area (TPSA) is 53.6 Å². The van der Waals surface area contributed by atoms with Crippen molar-refractivity contribution in [2.75, 3.05) is 29.9 Å². The van der Waals surface area contributed by atoms with Gasteiger partial charge in [0.1, 0.15) is 5.75 Å². The fourth-order valence-corrected chi connectivity index (χ4v) is 5.07. The van der Waals surface area contributed by atoms with E-state index in [9.17, 15) is 4.79 Å². The smallest absolute Gasteiger partial charge is 0.255 e. The molecule has 1 unspecified atom stereocenters. The molecule has 1 amide bonds. The standard InChI is InChI=1S/C30H35N3O2/c1-21(2)20-35-29-13-7-22(8-14-29)30(34)32-25-9-11-28(12-10-25)33-16-15-26(19-33)31-27-17-23-5-3-4-6-24(23)18-27/h3-14,21,26-27,31H,15-20H2,1-2H3,(H,32,34). The zero-order chi connectivity index (χ0) is 24.2. The molecule has 5 heteroatoms. The first-order chi connectivity index (χ1) is 17.0. The number of carbonyl (C=O) groups excluding carboxylic acids is 1. The van der Waals surface area contributed by atoms with Gasteiger partial charge in [0.05, 0.1) is 6.61 Å². The monoisotopic (exact) mass is 469 g/mol. The van der Waals surface area contributed by atoms with Crippen LogP contribution in [0.4, 0.5) is 11.4 Å². The summed E-state index contributed by atoms with van der Waals surface area (Å²) in [6, 6.07) is 25.4. The minimum Gasteiger partial charge on any atom is -0.493 e. The second kappa shape index (κ2) is 10.5. The normalized spacial score (nSPS) is 17.6. The van der Waals surface area contributed by atoms with Crippen molar-refractivity contribution >= 4 is 17.3 Å². The van der Waals surface area contributed by atoms with Crippen molar-refractivity contribution in [1.82, 2.24) is 5.32 Å². The van der Waals surface area contributed by atoms with Crippen molar-refractivity contribution in [2.45, 2.75) is 45.2 Å². The van der Waals surface area contributed by atoms with Crippen molar-refractivity contribution < 1.29 is 9.53 Å². The Kier molecular flexibility index (Phi) is 7.05. The van der Waals surface area contributed by atoms with E-state index in [1.54, 1.807) is 12.1 Å². The van der Waals surface area contributed by atoms with Gasteiger partial charge >= 0.3 is 0 Å². The molecular formula is C30H35N3O2. The molecule has 3 aromatic rings. The van der Waals surface area contributed by atoms with Crippen LogP contribution >= 0.6 is 0 Å². The Morgan fingerprint density at radius 2 is 1.63 bits per heavy atom. The molecule has 2 N–H and O–H groups in total. The Hall–Kier alpha value is -3.31. The molecule has 5 rings (SSSR count). The van der Waals surface area contributed by atoms with E-state index in [-0.39, 0.29) is 5.91 Å². The SMILES string of the molecule is CC(C)COc1ccc(C(=O)Nc2ccc(N3CCC(NC4Cc5ccccc5C4)C3)cc2)cc1. The zero-order valence-electron chi connectivity index (χ0n) is 20.7. The predicted molar refractivity (Wildman–Crippen MR) is 143 cm³/mol. The maximum Gasteiger partial charge on any atom is 0.255 e. The van der Waals surface area contributed by atoms with Gasteiger partial charge in [-0.25, -0.2) is 0 Å². The third-order valence-corrected chi connectivity index (χ3v) is 6.90. The van der Waals surface area contributed by atoms with E-state index < -0.39 is 0 Å². The highest BCUT2D eigenvalue weighted by Gasteiger charge is 2.28. The molecule has 1 heterocycles. The molecule has 1 aliphatic heterocycles. The van der Waals surface area contributed by atoms with E-state index in [0.29, 0.717) is 30.2 Å². The summed E-state index contributed by atoms with van der Waals surface area (Å²) in [7, 11) is 0. The van der Waals surface area contributed by atoms with Crippen molar-refractivity contribution in [3.05, 3.63) is 89.5 Å². The molecule has 1 atom stereocenters. The predicted octanol–water partition coefficient (Wildman–Crippen LogP) is 5.31. The molecule has 35 heavy (non-hydrogen) atoms. The summed E-state index contributed by atoms with van der Waals surface area (Å²) < 4.78 is 5.70. The molecule has 2 aliphatic rings. The second-order valence-corrected chi connectivity index (χ2v) is 10.2. The number of nitrogens with one attached hydrogen (secondary N) is 2. The van der Waals surface area contributed by atoms with Crippen LogP contribution in [-0.4, -0.2) is 37.7 Å². The minimum absolute atomic E-state index is 0.115. The van der Waals surface area contributed by atoms with E-state index in [1.165, 1.54) is 16.8 Å². The number of carbonyl (C=O) groups is 1. The summed E-state index contributed by atoms with van der Waals surface area (Å²) >= 11 is 0. The van der Waals surface area contributed by atoms with Crippen LogP contribution in [0.15, 0.2) is 72.8 Å². The lowest BCUT2D eigenvalue weighted by Crippen LogP contribution is -2.40. The number of amides is 1. The molecule has 1 fully saturated rings. The lowest BCUT2D eigenvalue weighted by Gasteiger charge is -2.21. The highest BCUT2D eigenvalue weighted by Crippen LogP contribution is 2.26. The van der Waals surface area contributed by atoms with Gasteiger partial charge in [-0.1, -0.05) is 38.1 Å². The average molecular weight is 470 g/mol. The van der Waals surface area contributed by atoms with Gasteiger partial charge < -0.3 is 20.3 Å². The second-order valence-electron chi connectivity index (χ2n) is 10.2. The molecule has 0 aromatic heterocycles. The van der Waals surface area contributed by atoms with Crippen molar-refractivity contribution in [1.29, 1.82) is 0 Å². The largest absolute Gasteiger partial charge is 0.493 e. The molecule has 0 bridgehead atoms. The van der Waals surface area contributed by atoms with Crippen LogP contribution in [0.5, 0.6) is 5.75 Å². The number of rotatable bonds is 8. The van der Waals surface area contributed by atoms with E-state index in [2.05, 4.69) is 65.8 Å². The fraction of sp³-hybridized carbons (Fsp3) is 0.367. The molecular weight excluding hydrogens is 434 g/mol. The van der Waals surface area contributed by atoms with Gasteiger partial charge in [-0.3, -0.25) is 4.79 Å². The Balaban J connectivity index is 1.11. The number of benzene rings is 3. The number of ether oxygens (including phenoxy) is 1. The first kappa shape index (κ1) is 23.4. The summed E-state index contributed by atoms with van der Waals surface area (Å²) in [5.74, 6) is 1.14. The molecule has 182 valence electrons. The van der Waals surface area contributed by atoms with Crippen LogP contribution in [-0.2, 0) is 12.8 Å². The highest BCUT2D eigenvalue weighted by molar-refractivity contribution is 6.04. The Bertz CT molecular complexity index is 1120. The van der Waals surface area contributed by atoms with E-state index >= 15 is 0 Å². The Morgan fingerprint density at radius 3 is 2.29 bits per heavy atom. The fourth-order valence-electron chi connectivity index (χ4n) is 5.07. The van der Waals surface area contributed by atoms with Crippen LogP contribution in [0, 0.1) is 5.92 Å². The number of nitrogens with zero attached hydrogens (tertiary/aromatic N) is 1. The number of hydrogen-bond acceptors (Lipinski definition) is 4. The Labute approximate surface area is 208 Å². The maximum absolute atomic E-state index is 12.7. The summed E-state index contributed by atoms with van der Waals surface area (Å²) in [5, 5.41) is 6.89. The average Bonchev–Trinajstić information content (AvgIpc) is 3.50. The van der Waals surface area contributed by atoms with E-state index in [0.717, 1.165) is 43.8 Å². The van der Waals surface area contributed by atoms with E-state index in [4.69, 9.17) is 4.74 Å². The van der Waals surface area contributed by atoms with Crippen molar-refractivity contribution in [2.24, 2.45) is 5.92 Å². The first-order valence-corrected chi connectivity index (χ1v) is 12.8. The van der Waals surface area contributed by atoms with E-state index in [1.807, 2.05) is 24.3 Å². The van der Waals surface area contributed by atoms with Crippen LogP contribution in [0.1, 0.15) is 41.8 Å². The molecule has 0 spiro atoms. The van der Waals surface area contributed by atoms with Gasteiger partial charge in [0.2, 0.25) is 0 Å². The molecule has 1 aliphatic carbocycles. The molecule has 0 radical (unpaired) electrons. The van der Waals surface area contributed by atoms with Crippen molar-refractivity contribution in [3.63, 3.8) is 0 Å². The van der Waals surface area contributed by atoms with Crippen LogP contribution in [0.3, 0.4) is 0 Å². The van der Waals surface area contributed by atoms with Crippen molar-refractivity contribution in [3.8, 4) is 5.75 Å². The summed E-state index contributed by atoms with van der Waals surface area (Å²) in [5.41, 5.74) is 5.61. The first-order valence-electron chi connectivity index (χ1n) is 12.8. The molecule has 3 aromatic carbocycles. The van der Waals surface area contributed by atoms with Gasteiger partial charge in [-0.15, -0.1) is 0 Å². The zero-order valence-corrected chi connectivity index (χ0v) is 20.7. The third-order valence-electron chi connectivity index (χ3n) is 6.90. The lowest BCUT2D eigenvalue weighted by atomic mass is 10.1. The van der Waals surface area contributed by atoms with Gasteiger partial charge in [0.15, 0.2) is 0 Å². The van der Waals surface area contributed by atoms with Crippen LogP contribution in [0.2, 0.25) is 0 Å². The number of fused-ring (bicyclic) bond motifs is 1. The van der Waals surface area contributed by atoms with Gasteiger partial charge in [-0.2, -0.15) is 0 Å². The number of anilines is 2. The third kappa shape index (κ3) is 5.85. The van der Waals surface area contributed by atoms with Gasteiger partial charge in [0.25, 0.3) is 5.91 Å². The highest BCUT2D eigenvalue weighted by atomic mass is 16.5. The summed E-state index contributed by atoms with van der Waals surface area (Å²) in [6.45, 7) is 6.96. The minimum atomic E-state index is -0.115. The molecule has 0 saturated carbocycles. The summed E-state index contributed by atoms with van der Waals surface area (Å²) in [6.07, 6.45) is 3.42. The molecule has 1 saturated heterocycles. The summed E-state index contributed by atoms with van der Waals surface area (Å²) in [4.78, 5) is 15.1. The van der Waals surface area contributed by atoms with Crippen LogP contribution < -0.4 is 20.3 Å². The quantitative estimate of drug-likeness (QED) is 0.470. The number of hydrogen-bond donors (Lipinski definition) is 2. The Morgan fingerprint density at radius 1 is 0.943 bits per heavy atom. The van der Waals surface area contributed by atoms with Gasteiger partial charge in [-0.05, 0) is 84.8 Å². The lowest BCUT2D eigenvalue weighted by molar-refractivity contribution is 0.102. The maximum atomic E-state index is 12.7.